The summed E-state index contributed by atoms with van der Waals surface area (Å²) < 4.78 is -1.10. The fourth-order valence-corrected chi connectivity index (χ4v) is 6.68. The maximum atomic E-state index is 13.5. The number of rotatable bonds is 8. The first kappa shape index (κ1) is 36.3. The van der Waals surface area contributed by atoms with E-state index in [1.54, 1.807) is 13.8 Å². The first-order chi connectivity index (χ1) is 19.5. The van der Waals surface area contributed by atoms with E-state index in [1.807, 2.05) is 0 Å². The summed E-state index contributed by atoms with van der Waals surface area (Å²) in [4.78, 5) is 92.9. The lowest BCUT2D eigenvalue weighted by atomic mass is 10.0. The predicted octanol–water partition coefficient (Wildman–Crippen LogP) is -3.41. The van der Waals surface area contributed by atoms with Crippen molar-refractivity contribution in [1.82, 2.24) is 26.2 Å². The van der Waals surface area contributed by atoms with Crippen LogP contribution in [0.15, 0.2) is 4.99 Å². The van der Waals surface area contributed by atoms with E-state index < -0.39 is 83.3 Å². The fraction of sp³-hybridized carbons (Fsp3) is 0.652. The average Bonchev–Trinajstić information content (AvgIpc) is 2.87. The third kappa shape index (κ3) is 12.0. The standard InChI is InChI=1S/C23H39N9O8S2/c1-11(33)29-13-10-41-42-23(2,3)17(18(24)37)31-19(38)12(8-16(35)36)30-15(34)9-28-20(39)14(32(4)21(13)40)6-5-7-27-22(25)26/h12-14,17H,5-10H2,1-4H3,(H2,24,37)(H,28,39)(H,29,33)(H,30,34)(H,31,38)(H,35,36)(H4,25,26,27)/t12-,13-,14-,17-/m0/s1. The molecule has 1 fully saturated rings. The minimum Gasteiger partial charge on any atom is -0.481 e. The van der Waals surface area contributed by atoms with Crippen LogP contribution in [0.2, 0.25) is 0 Å². The second-order valence-electron chi connectivity index (χ2n) is 9.92. The third-order valence-corrected chi connectivity index (χ3v) is 9.25. The molecule has 0 aliphatic carbocycles. The van der Waals surface area contributed by atoms with Crippen LogP contribution < -0.4 is 38.5 Å². The molecule has 0 bridgehead atoms. The van der Waals surface area contributed by atoms with Crippen molar-refractivity contribution in [1.29, 1.82) is 0 Å². The SMILES string of the molecule is CC(=O)N[C@H]1CSSC(C)(C)[C@H](C(N)=O)NC(=O)[C@H](CC(=O)O)NC(=O)CNC(=O)[C@H](CCCN=C(N)N)N(C)C1=O. The topological polar surface area (TPSA) is 282 Å². The molecular formula is C23H39N9O8S2. The van der Waals surface area contributed by atoms with Crippen LogP contribution in [0.1, 0.15) is 40.0 Å². The number of nitrogens with one attached hydrogen (secondary N) is 4. The molecule has 19 heteroatoms. The highest BCUT2D eigenvalue weighted by molar-refractivity contribution is 8.77. The number of aliphatic carboxylic acids is 1. The minimum absolute atomic E-state index is 0.000296. The van der Waals surface area contributed by atoms with Crippen molar-refractivity contribution in [3.8, 4) is 0 Å². The Balaban J connectivity index is 3.46. The highest BCUT2D eigenvalue weighted by atomic mass is 33.1. The number of carbonyl (C=O) groups is 7. The molecule has 0 aromatic heterocycles. The van der Waals surface area contributed by atoms with Crippen molar-refractivity contribution in [2.24, 2.45) is 22.2 Å². The zero-order valence-electron chi connectivity index (χ0n) is 23.8. The molecule has 6 amide bonds. The van der Waals surface area contributed by atoms with Crippen LogP contribution in [0.25, 0.3) is 0 Å². The molecule has 236 valence electrons. The number of primary amides is 1. The van der Waals surface area contributed by atoms with Crippen LogP contribution in [0.4, 0.5) is 0 Å². The summed E-state index contributed by atoms with van der Waals surface area (Å²) in [6, 6.07) is -5.12. The molecule has 1 aliphatic heterocycles. The van der Waals surface area contributed by atoms with Crippen LogP contribution in [0.3, 0.4) is 0 Å². The van der Waals surface area contributed by atoms with E-state index in [1.165, 1.54) is 14.0 Å². The second-order valence-corrected chi connectivity index (χ2v) is 12.9. The first-order valence-electron chi connectivity index (χ1n) is 12.7. The van der Waals surface area contributed by atoms with Crippen LogP contribution in [-0.4, -0.2) is 112 Å². The number of carboxylic acids is 1. The Labute approximate surface area is 250 Å². The molecule has 42 heavy (non-hydrogen) atoms. The zero-order chi connectivity index (χ0) is 32.2. The highest BCUT2D eigenvalue weighted by Crippen LogP contribution is 2.38. The third-order valence-electron chi connectivity index (χ3n) is 5.95. The van der Waals surface area contributed by atoms with Gasteiger partial charge in [-0.15, -0.1) is 0 Å². The molecule has 17 nitrogen and oxygen atoms in total. The molecule has 0 aromatic carbocycles. The quantitative estimate of drug-likeness (QED) is 0.0562. The number of amides is 6. The van der Waals surface area contributed by atoms with E-state index in [2.05, 4.69) is 26.3 Å². The summed E-state index contributed by atoms with van der Waals surface area (Å²) in [6.45, 7) is 3.89. The summed E-state index contributed by atoms with van der Waals surface area (Å²) >= 11 is 0. The molecule has 0 aromatic rings. The largest absolute Gasteiger partial charge is 0.481 e. The predicted molar refractivity (Wildman–Crippen MR) is 157 cm³/mol. The van der Waals surface area contributed by atoms with Gasteiger partial charge >= 0.3 is 5.97 Å². The number of likely N-dealkylation sites (N-methyl/N-ethyl adjacent to an activating group) is 1. The highest BCUT2D eigenvalue weighted by Gasteiger charge is 2.39. The van der Waals surface area contributed by atoms with Gasteiger partial charge in [-0.05, 0) is 26.7 Å². The summed E-state index contributed by atoms with van der Waals surface area (Å²) in [5.74, 6) is -6.21. The van der Waals surface area contributed by atoms with Gasteiger partial charge in [-0.3, -0.25) is 38.6 Å². The fourth-order valence-electron chi connectivity index (χ4n) is 3.86. The molecule has 0 radical (unpaired) electrons. The van der Waals surface area contributed by atoms with E-state index in [0.29, 0.717) is 0 Å². The number of carboxylic acid groups (broad SMARTS) is 1. The lowest BCUT2D eigenvalue weighted by molar-refractivity contribution is -0.142. The average molecular weight is 634 g/mol. The van der Waals surface area contributed by atoms with Crippen molar-refractivity contribution < 1.29 is 38.7 Å². The Bertz CT molecular complexity index is 1080. The molecule has 1 aliphatic rings. The Morgan fingerprint density at radius 1 is 1.12 bits per heavy atom. The van der Waals surface area contributed by atoms with Gasteiger partial charge in [0, 0.05) is 31.0 Å². The first-order valence-corrected chi connectivity index (χ1v) is 15.1. The van der Waals surface area contributed by atoms with Crippen molar-refractivity contribution in [2.45, 2.75) is 68.9 Å². The molecule has 0 spiro atoms. The summed E-state index contributed by atoms with van der Waals surface area (Å²) in [5.41, 5.74) is 16.2. The zero-order valence-corrected chi connectivity index (χ0v) is 25.4. The Hall–Kier alpha value is -3.74. The van der Waals surface area contributed by atoms with E-state index >= 15 is 0 Å². The lowest BCUT2D eigenvalue weighted by Crippen LogP contribution is -2.59. The van der Waals surface area contributed by atoms with Gasteiger partial charge in [0.15, 0.2) is 5.96 Å². The van der Waals surface area contributed by atoms with E-state index in [0.717, 1.165) is 26.5 Å². The normalized spacial score (nSPS) is 24.3. The van der Waals surface area contributed by atoms with E-state index in [9.17, 15) is 38.7 Å². The minimum atomic E-state index is -1.60. The van der Waals surface area contributed by atoms with Crippen LogP contribution >= 0.6 is 21.6 Å². The molecule has 1 heterocycles. The number of hydrogen-bond acceptors (Lipinski definition) is 10. The van der Waals surface area contributed by atoms with Crippen molar-refractivity contribution in [2.75, 3.05) is 25.9 Å². The molecule has 11 N–H and O–H groups in total. The lowest BCUT2D eigenvalue weighted by Gasteiger charge is -2.33. The molecule has 1 rings (SSSR count). The number of nitrogens with two attached hydrogens (primary N) is 3. The molecule has 0 saturated carbocycles. The Kier molecular flexibility index (Phi) is 14.4. The van der Waals surface area contributed by atoms with Gasteiger partial charge < -0.3 is 48.5 Å². The van der Waals surface area contributed by atoms with Crippen molar-refractivity contribution in [3.05, 3.63) is 0 Å². The maximum Gasteiger partial charge on any atom is 0.305 e. The number of nitrogens with zero attached hydrogens (tertiary/aromatic N) is 2. The van der Waals surface area contributed by atoms with Crippen molar-refractivity contribution in [3.63, 3.8) is 0 Å². The van der Waals surface area contributed by atoms with E-state index in [-0.39, 0.29) is 31.1 Å². The van der Waals surface area contributed by atoms with Crippen LogP contribution in [0, 0.1) is 0 Å². The van der Waals surface area contributed by atoms with Gasteiger partial charge in [0.05, 0.1) is 13.0 Å². The van der Waals surface area contributed by atoms with Gasteiger partial charge in [-0.1, -0.05) is 21.6 Å². The van der Waals surface area contributed by atoms with Gasteiger partial charge in [0.25, 0.3) is 0 Å². The van der Waals surface area contributed by atoms with E-state index in [4.69, 9.17) is 17.2 Å². The molecule has 1 saturated heterocycles. The van der Waals surface area contributed by atoms with Crippen molar-refractivity contribution >= 4 is 69.0 Å². The molecular weight excluding hydrogens is 594 g/mol. The van der Waals surface area contributed by atoms with Gasteiger partial charge in [0.2, 0.25) is 35.4 Å². The number of hydrogen-bond donors (Lipinski definition) is 8. The summed E-state index contributed by atoms with van der Waals surface area (Å²) in [5, 5.41) is 18.9. The Morgan fingerprint density at radius 2 is 1.76 bits per heavy atom. The van der Waals surface area contributed by atoms with Gasteiger partial charge in [-0.2, -0.15) is 0 Å². The number of aliphatic imine (C=N–C) groups is 1. The monoisotopic (exact) mass is 633 g/mol. The summed E-state index contributed by atoms with van der Waals surface area (Å²) in [6.07, 6.45) is -0.459. The molecule has 4 atom stereocenters. The maximum absolute atomic E-state index is 13.5. The Morgan fingerprint density at radius 3 is 2.31 bits per heavy atom. The van der Waals surface area contributed by atoms with Crippen LogP contribution in [0.5, 0.6) is 0 Å². The smallest absolute Gasteiger partial charge is 0.305 e. The number of guanidine groups is 1. The van der Waals surface area contributed by atoms with Crippen LogP contribution in [-0.2, 0) is 33.6 Å². The summed E-state index contributed by atoms with van der Waals surface area (Å²) in [7, 11) is 3.56. The second kappa shape index (κ2) is 16.6. The van der Waals surface area contributed by atoms with Gasteiger partial charge in [0.1, 0.15) is 24.2 Å². The number of carbonyl (C=O) groups excluding carboxylic acids is 6. The van der Waals surface area contributed by atoms with Gasteiger partial charge in [-0.25, -0.2) is 0 Å². The molecule has 0 unspecified atom stereocenters.